The molecule has 0 bridgehead atoms. The van der Waals surface area contributed by atoms with Crippen molar-refractivity contribution >= 4 is 69.5 Å². The van der Waals surface area contributed by atoms with Crippen molar-refractivity contribution in [2.75, 3.05) is 46.1 Å². The lowest BCUT2D eigenvalue weighted by Crippen LogP contribution is -2.58. The van der Waals surface area contributed by atoms with Crippen LogP contribution in [0.15, 0.2) is 59.0 Å². The van der Waals surface area contributed by atoms with Crippen molar-refractivity contribution in [3.05, 3.63) is 104 Å². The van der Waals surface area contributed by atoms with Crippen LogP contribution < -0.4 is 21.3 Å². The summed E-state index contributed by atoms with van der Waals surface area (Å²) >= 11 is 9.42. The number of hydrogen-bond donors (Lipinski definition) is 5. The van der Waals surface area contributed by atoms with Crippen LogP contribution in [0.25, 0.3) is 15.4 Å². The van der Waals surface area contributed by atoms with Crippen molar-refractivity contribution in [1.29, 1.82) is 0 Å². The predicted octanol–water partition coefficient (Wildman–Crippen LogP) is 4.70. The number of amides is 5. The molecule has 0 radical (unpaired) electrons. The maximum absolute atomic E-state index is 14.0. The van der Waals surface area contributed by atoms with E-state index < -0.39 is 59.8 Å². The highest BCUT2D eigenvalue weighted by Gasteiger charge is 2.44. The molecule has 5 N–H and O–H groups in total. The van der Waals surface area contributed by atoms with Crippen LogP contribution in [-0.4, -0.2) is 129 Å². The van der Waals surface area contributed by atoms with Crippen molar-refractivity contribution in [3.8, 4) is 15.4 Å². The first-order valence-electron chi connectivity index (χ1n) is 23.0. The molecule has 2 aliphatic rings. The second-order valence-corrected chi connectivity index (χ2v) is 20.8. The van der Waals surface area contributed by atoms with Crippen LogP contribution in [0.5, 0.6) is 0 Å². The molecule has 0 aliphatic carbocycles. The molecule has 5 amide bonds. The first kappa shape index (κ1) is 51.9. The number of aliphatic hydroxyl groups is 1. The Morgan fingerprint density at radius 2 is 1.60 bits per heavy atom. The van der Waals surface area contributed by atoms with Gasteiger partial charge in [-0.05, 0) is 61.9 Å². The van der Waals surface area contributed by atoms with E-state index in [1.54, 1.807) is 49.0 Å². The van der Waals surface area contributed by atoms with Gasteiger partial charge in [0.2, 0.25) is 29.5 Å². The quantitative estimate of drug-likeness (QED) is 0.0713. The Labute approximate surface area is 419 Å². The first-order valence-corrected chi connectivity index (χ1v) is 25.1. The average Bonchev–Trinajstić information content (AvgIpc) is 4.09. The van der Waals surface area contributed by atoms with Crippen molar-refractivity contribution in [2.24, 2.45) is 10.4 Å². The third kappa shape index (κ3) is 12.5. The van der Waals surface area contributed by atoms with E-state index in [2.05, 4.69) is 50.3 Å². The minimum Gasteiger partial charge on any atom is -0.391 e. The van der Waals surface area contributed by atoms with Gasteiger partial charge >= 0.3 is 0 Å². The number of benzene rings is 2. The van der Waals surface area contributed by atoms with Gasteiger partial charge in [-0.25, -0.2) is 4.98 Å². The van der Waals surface area contributed by atoms with Gasteiger partial charge in [0.05, 0.1) is 60.7 Å². The molecule has 3 aromatic heterocycles. The number of carbonyl (C=O) groups excluding carboxylic acids is 5. The number of hydrogen-bond acceptors (Lipinski definition) is 14. The van der Waals surface area contributed by atoms with Crippen LogP contribution in [0.3, 0.4) is 0 Å². The first-order chi connectivity index (χ1) is 33.4. The molecule has 0 spiro atoms. The van der Waals surface area contributed by atoms with Crippen LogP contribution in [0.4, 0.5) is 0 Å². The summed E-state index contributed by atoms with van der Waals surface area (Å²) in [7, 11) is 0. The van der Waals surface area contributed by atoms with Gasteiger partial charge in [-0.3, -0.25) is 33.5 Å². The number of aliphatic imine (C=N–C) groups is 1. The van der Waals surface area contributed by atoms with Crippen molar-refractivity contribution in [1.82, 2.24) is 45.9 Å². The van der Waals surface area contributed by atoms with E-state index in [1.165, 1.54) is 4.90 Å². The number of nitrogens with one attached hydrogen (secondary N) is 4. The Morgan fingerprint density at radius 3 is 2.30 bits per heavy atom. The van der Waals surface area contributed by atoms with Crippen molar-refractivity contribution in [2.45, 2.75) is 92.1 Å². The van der Waals surface area contributed by atoms with Gasteiger partial charge in [-0.2, -0.15) is 0 Å². The van der Waals surface area contributed by atoms with E-state index in [0.717, 1.165) is 54.0 Å². The monoisotopic (exact) mass is 1010 g/mol. The highest BCUT2D eigenvalue weighted by Crippen LogP contribution is 2.40. The number of aliphatic hydroxyl groups excluding tert-OH is 1. The molecule has 372 valence electrons. The molecule has 18 nitrogen and oxygen atoms in total. The summed E-state index contributed by atoms with van der Waals surface area (Å²) in [4.78, 5) is 79.3. The highest BCUT2D eigenvalue weighted by molar-refractivity contribution is 7.15. The minimum atomic E-state index is -1.06. The zero-order chi connectivity index (χ0) is 50.3. The van der Waals surface area contributed by atoms with Gasteiger partial charge in [-0.1, -0.05) is 68.8 Å². The number of aryl methyl sites for hydroxylation is 3. The Balaban J connectivity index is 0.812. The molecule has 0 saturated carbocycles. The summed E-state index contributed by atoms with van der Waals surface area (Å²) in [5, 5.41) is 31.9. The predicted molar refractivity (Wildman–Crippen MR) is 267 cm³/mol. The molecule has 2 aromatic carbocycles. The lowest BCUT2D eigenvalue weighted by Gasteiger charge is -2.35. The van der Waals surface area contributed by atoms with Crippen LogP contribution in [-0.2, 0) is 40.0 Å². The van der Waals surface area contributed by atoms with Gasteiger partial charge in [0.1, 0.15) is 35.6 Å². The van der Waals surface area contributed by atoms with Crippen molar-refractivity contribution < 1.29 is 38.6 Å². The van der Waals surface area contributed by atoms with Gasteiger partial charge in [-0.15, -0.1) is 32.9 Å². The maximum Gasteiger partial charge on any atom is 0.246 e. The number of fused-ring (bicyclic) bond motifs is 3. The number of halogens is 1. The zero-order valence-corrected chi connectivity index (χ0v) is 42.6. The maximum atomic E-state index is 14.0. The zero-order valence-electron chi connectivity index (χ0n) is 40.3. The van der Waals surface area contributed by atoms with E-state index in [9.17, 15) is 29.1 Å². The number of thiophene rings is 1. The number of β-amino-alcohol motifs (C(OH)–C–C–N with tert-alkyl or cyclic N) is 1. The highest BCUT2D eigenvalue weighted by atomic mass is 35.5. The molecular weight excluding hydrogens is 956 g/mol. The third-order valence-electron chi connectivity index (χ3n) is 12.1. The van der Waals surface area contributed by atoms with E-state index in [4.69, 9.17) is 26.1 Å². The number of nitrogens with zero attached hydrogens (tertiary/aromatic N) is 6. The second-order valence-electron chi connectivity index (χ2n) is 18.3. The largest absolute Gasteiger partial charge is 0.391 e. The normalized spacial score (nSPS) is 17.0. The number of likely N-dealkylation sites (tertiary alicyclic amines) is 1. The fourth-order valence-electron chi connectivity index (χ4n) is 8.25. The van der Waals surface area contributed by atoms with Gasteiger partial charge in [0.25, 0.3) is 0 Å². The molecule has 70 heavy (non-hydrogen) atoms. The molecule has 5 aromatic rings. The van der Waals surface area contributed by atoms with Crippen molar-refractivity contribution in [3.63, 3.8) is 0 Å². The minimum absolute atomic E-state index is 0.0274. The molecule has 7 rings (SSSR count). The summed E-state index contributed by atoms with van der Waals surface area (Å²) in [6.45, 7) is 13.3. The Morgan fingerprint density at radius 1 is 0.886 bits per heavy atom. The average molecular weight is 1020 g/mol. The summed E-state index contributed by atoms with van der Waals surface area (Å²) in [6.07, 6.45) is -0.840. The molecule has 21 heteroatoms. The van der Waals surface area contributed by atoms with Gasteiger partial charge in [0, 0.05) is 47.1 Å². The van der Waals surface area contributed by atoms with E-state index >= 15 is 0 Å². The van der Waals surface area contributed by atoms with E-state index in [-0.39, 0.29) is 64.8 Å². The number of thiazole rings is 1. The standard InChI is InChI=1S/C49H59ClN10O8S2/c1-27-29(3)70-48-41(27)42(32-12-14-34(50)15-13-32)55-36(45-58-57-30(4)60(45)48)21-38(62)51-16-17-67-18-19-68-25-40(64)52-23-39(63)56-44(49(5,6)7)47(66)59-24-35(61)20-37(59)46(65)53-22-31-8-10-33(11-9-31)43-28(2)54-26-69-43/h8-15,26,35-37,44,61H,16-25H2,1-7H3,(H,51,62)(H,52,64)(H,53,65)(H,56,63)/t35-,36+,37+,44-/m1/s1. The Hall–Kier alpha value is -5.90. The number of aromatic nitrogens is 4. The Kier molecular flexibility index (Phi) is 17.0. The molecule has 5 heterocycles. The van der Waals surface area contributed by atoms with Gasteiger partial charge in [0.15, 0.2) is 5.82 Å². The lowest BCUT2D eigenvalue weighted by atomic mass is 9.85. The van der Waals surface area contributed by atoms with Gasteiger partial charge < -0.3 is 40.7 Å². The molecule has 1 saturated heterocycles. The fourth-order valence-corrected chi connectivity index (χ4v) is 10.4. The summed E-state index contributed by atoms with van der Waals surface area (Å²) in [5.41, 5.74) is 7.56. The van der Waals surface area contributed by atoms with E-state index in [0.29, 0.717) is 16.7 Å². The molecular formula is C49H59ClN10O8S2. The molecule has 4 atom stereocenters. The molecule has 0 unspecified atom stereocenters. The Bertz CT molecular complexity index is 2730. The van der Waals surface area contributed by atoms with E-state index in [1.807, 2.05) is 66.9 Å². The topological polar surface area (TPSA) is 231 Å². The van der Waals surface area contributed by atoms with Crippen LogP contribution >= 0.6 is 34.3 Å². The number of ether oxygens (including phenoxy) is 2. The SMILES string of the molecule is Cc1ncsc1-c1ccc(CNC(=O)[C@@H]2C[C@@H](O)CN2C(=O)[C@@H](NC(=O)CNC(=O)COCCOCCNC(=O)C[C@@H]2N=C(c3ccc(Cl)cc3)c3c(sc(C)c3C)-n3c(C)nnc32)C(C)(C)C)cc1. The number of rotatable bonds is 19. The van der Waals surface area contributed by atoms with Crippen LogP contribution in [0, 0.1) is 33.1 Å². The second kappa shape index (κ2) is 22.9. The third-order valence-corrected chi connectivity index (χ3v) is 14.5. The molecule has 1 fully saturated rings. The summed E-state index contributed by atoms with van der Waals surface area (Å²) in [5.74, 6) is -1.07. The van der Waals surface area contributed by atoms with Crippen LogP contribution in [0.2, 0.25) is 5.02 Å². The summed E-state index contributed by atoms with van der Waals surface area (Å²) < 4.78 is 13.0. The lowest BCUT2D eigenvalue weighted by molar-refractivity contribution is -0.144. The summed E-state index contributed by atoms with van der Waals surface area (Å²) in [6, 6.07) is 12.6. The molecule has 2 aliphatic heterocycles. The smallest absolute Gasteiger partial charge is 0.246 e. The fraction of sp³-hybridized carbons (Fsp3) is 0.449. The number of carbonyl (C=O) groups is 5. The van der Waals surface area contributed by atoms with Crippen LogP contribution in [0.1, 0.15) is 84.1 Å².